The molecule has 12 heteroatoms. The topological polar surface area (TPSA) is 117 Å². The third-order valence-electron chi connectivity index (χ3n) is 5.47. The second-order valence-corrected chi connectivity index (χ2v) is 9.31. The van der Waals surface area contributed by atoms with Gasteiger partial charge in [0.25, 0.3) is 5.56 Å². The largest absolute Gasteiger partial charge is 0.459 e. The highest BCUT2D eigenvalue weighted by molar-refractivity contribution is 9.08. The SMILES string of the molecule is O=C(OC[C@H]1O[C@@H](n2cc(CBr)c(=O)[nH]c2=O)C[C@@H]1OC(=O)c1ccc(Cl)cc1)c1ccc(Cl)cc1. The van der Waals surface area contributed by atoms with Crippen LogP contribution in [0.3, 0.4) is 0 Å². The van der Waals surface area contributed by atoms with E-state index < -0.39 is 41.6 Å². The number of ether oxygens (including phenoxy) is 3. The Morgan fingerprint density at radius 1 is 1.00 bits per heavy atom. The predicted molar refractivity (Wildman–Crippen MR) is 135 cm³/mol. The van der Waals surface area contributed by atoms with Gasteiger partial charge in [-0.25, -0.2) is 14.4 Å². The summed E-state index contributed by atoms with van der Waals surface area (Å²) in [7, 11) is 0. The molecule has 36 heavy (non-hydrogen) atoms. The highest BCUT2D eigenvalue weighted by Crippen LogP contribution is 2.31. The number of rotatable bonds is 7. The van der Waals surface area contributed by atoms with Crippen LogP contribution in [0.1, 0.15) is 38.9 Å². The number of carbonyl (C=O) groups excluding carboxylic acids is 2. The van der Waals surface area contributed by atoms with E-state index in [1.165, 1.54) is 35.0 Å². The summed E-state index contributed by atoms with van der Waals surface area (Å²) in [5.41, 5.74) is -0.350. The fourth-order valence-corrected chi connectivity index (χ4v) is 4.25. The lowest BCUT2D eigenvalue weighted by Crippen LogP contribution is -2.34. The Balaban J connectivity index is 1.54. The van der Waals surface area contributed by atoms with Gasteiger partial charge in [0, 0.05) is 33.6 Å². The van der Waals surface area contributed by atoms with Crippen LogP contribution < -0.4 is 11.2 Å². The van der Waals surface area contributed by atoms with Crippen LogP contribution in [0.15, 0.2) is 64.3 Å². The Morgan fingerprint density at radius 3 is 2.17 bits per heavy atom. The summed E-state index contributed by atoms with van der Waals surface area (Å²) in [6.45, 7) is -0.250. The maximum atomic E-state index is 12.7. The maximum Gasteiger partial charge on any atom is 0.338 e. The molecule has 2 heterocycles. The molecule has 1 saturated heterocycles. The van der Waals surface area contributed by atoms with E-state index in [0.717, 1.165) is 0 Å². The lowest BCUT2D eigenvalue weighted by Gasteiger charge is -2.19. The summed E-state index contributed by atoms with van der Waals surface area (Å²) in [4.78, 5) is 51.9. The molecular weight excluding hydrogens is 579 g/mol. The first-order valence-electron chi connectivity index (χ1n) is 10.7. The monoisotopic (exact) mass is 596 g/mol. The predicted octanol–water partition coefficient (Wildman–Crippen LogP) is 4.11. The second kappa shape index (κ2) is 11.4. The number of aromatic nitrogens is 2. The summed E-state index contributed by atoms with van der Waals surface area (Å²) in [5, 5.41) is 1.15. The van der Waals surface area contributed by atoms with Gasteiger partial charge in [-0.3, -0.25) is 14.3 Å². The molecular formula is C24H19BrCl2N2O7. The van der Waals surface area contributed by atoms with Crippen LogP contribution >= 0.6 is 39.1 Å². The minimum atomic E-state index is -0.881. The van der Waals surface area contributed by atoms with E-state index in [9.17, 15) is 19.2 Å². The van der Waals surface area contributed by atoms with Crippen LogP contribution in [0.5, 0.6) is 0 Å². The number of esters is 2. The molecule has 0 aliphatic carbocycles. The molecule has 1 fully saturated rings. The fraction of sp³-hybridized carbons (Fsp3) is 0.250. The first-order chi connectivity index (χ1) is 17.2. The van der Waals surface area contributed by atoms with Crippen LogP contribution in [0.4, 0.5) is 0 Å². The molecule has 1 N–H and O–H groups in total. The fourth-order valence-electron chi connectivity index (χ4n) is 3.60. The second-order valence-electron chi connectivity index (χ2n) is 7.88. The number of H-pyrrole nitrogens is 1. The number of hydrogen-bond donors (Lipinski definition) is 1. The molecule has 0 unspecified atom stereocenters. The van der Waals surface area contributed by atoms with E-state index in [-0.39, 0.29) is 29.5 Å². The Labute approximate surface area is 223 Å². The zero-order valence-corrected chi connectivity index (χ0v) is 21.6. The van der Waals surface area contributed by atoms with Crippen molar-refractivity contribution < 1.29 is 23.8 Å². The van der Waals surface area contributed by atoms with Crippen molar-refractivity contribution in [3.05, 3.63) is 102 Å². The molecule has 0 spiro atoms. The lowest BCUT2D eigenvalue weighted by atomic mass is 10.1. The van der Waals surface area contributed by atoms with Crippen molar-refractivity contribution >= 4 is 51.1 Å². The van der Waals surface area contributed by atoms with Gasteiger partial charge < -0.3 is 14.2 Å². The molecule has 0 amide bonds. The van der Waals surface area contributed by atoms with E-state index in [4.69, 9.17) is 37.4 Å². The smallest absolute Gasteiger partial charge is 0.338 e. The molecule has 4 rings (SSSR count). The first kappa shape index (κ1) is 26.2. The standard InChI is InChI=1S/C24H19BrCl2N2O7/c25-10-15-11-29(24(33)28-21(15)30)20-9-18(36-23(32)14-3-7-17(27)8-4-14)19(35-20)12-34-22(31)13-1-5-16(26)6-2-13/h1-8,11,18-20H,9-10,12H2,(H,28,30,33)/t18-,19+,20+/m0/s1. The van der Waals surface area contributed by atoms with Crippen LogP contribution in [0, 0.1) is 0 Å². The van der Waals surface area contributed by atoms with Gasteiger partial charge in [-0.1, -0.05) is 39.1 Å². The molecule has 9 nitrogen and oxygen atoms in total. The molecule has 1 aliphatic rings. The minimum Gasteiger partial charge on any atom is -0.459 e. The van der Waals surface area contributed by atoms with E-state index in [0.29, 0.717) is 15.6 Å². The molecule has 3 atom stereocenters. The van der Waals surface area contributed by atoms with Crippen molar-refractivity contribution in [2.24, 2.45) is 0 Å². The van der Waals surface area contributed by atoms with Gasteiger partial charge in [-0.05, 0) is 48.5 Å². The van der Waals surface area contributed by atoms with Gasteiger partial charge >= 0.3 is 17.6 Å². The van der Waals surface area contributed by atoms with Crippen molar-refractivity contribution in [1.29, 1.82) is 0 Å². The molecule has 188 valence electrons. The number of nitrogens with one attached hydrogen (secondary N) is 1. The minimum absolute atomic E-state index is 0.0795. The van der Waals surface area contributed by atoms with Gasteiger partial charge in [-0.15, -0.1) is 0 Å². The van der Waals surface area contributed by atoms with E-state index >= 15 is 0 Å². The molecule has 1 aliphatic heterocycles. The zero-order chi connectivity index (χ0) is 25.8. The molecule has 0 radical (unpaired) electrons. The van der Waals surface area contributed by atoms with Crippen molar-refractivity contribution in [1.82, 2.24) is 9.55 Å². The van der Waals surface area contributed by atoms with Gasteiger partial charge in [0.15, 0.2) is 0 Å². The number of aromatic amines is 1. The highest BCUT2D eigenvalue weighted by atomic mass is 79.9. The van der Waals surface area contributed by atoms with Crippen LogP contribution in [0.25, 0.3) is 0 Å². The molecule has 3 aromatic rings. The van der Waals surface area contributed by atoms with Crippen LogP contribution in [-0.2, 0) is 19.5 Å². The van der Waals surface area contributed by atoms with E-state index in [1.807, 2.05) is 0 Å². The third kappa shape index (κ3) is 6.07. The van der Waals surface area contributed by atoms with Crippen molar-refractivity contribution in [2.45, 2.75) is 30.2 Å². The number of carbonyl (C=O) groups is 2. The number of benzene rings is 2. The molecule has 0 bridgehead atoms. The molecule has 1 aromatic heterocycles. The van der Waals surface area contributed by atoms with Gasteiger partial charge in [-0.2, -0.15) is 0 Å². The number of halogens is 3. The van der Waals surface area contributed by atoms with Gasteiger partial charge in [0.05, 0.1) is 11.1 Å². The van der Waals surface area contributed by atoms with Gasteiger partial charge in [0.1, 0.15) is 25.0 Å². The maximum absolute atomic E-state index is 12.7. The van der Waals surface area contributed by atoms with Crippen molar-refractivity contribution in [3.8, 4) is 0 Å². The summed E-state index contributed by atoms with van der Waals surface area (Å²) >= 11 is 15.0. The Bertz CT molecular complexity index is 1370. The Morgan fingerprint density at radius 2 is 1.58 bits per heavy atom. The van der Waals surface area contributed by atoms with Crippen molar-refractivity contribution in [3.63, 3.8) is 0 Å². The Kier molecular flexibility index (Phi) is 8.30. The number of hydrogen-bond acceptors (Lipinski definition) is 7. The summed E-state index contributed by atoms with van der Waals surface area (Å²) in [5.74, 6) is -1.26. The Hall–Kier alpha value is -2.92. The molecule has 2 aromatic carbocycles. The highest BCUT2D eigenvalue weighted by Gasteiger charge is 2.40. The normalized spacial score (nSPS) is 19.1. The average molecular weight is 598 g/mol. The van der Waals surface area contributed by atoms with Gasteiger partial charge in [0.2, 0.25) is 0 Å². The average Bonchev–Trinajstić information content (AvgIpc) is 3.25. The third-order valence-corrected chi connectivity index (χ3v) is 6.58. The first-order valence-corrected chi connectivity index (χ1v) is 12.6. The van der Waals surface area contributed by atoms with E-state index in [1.54, 1.807) is 24.3 Å². The van der Waals surface area contributed by atoms with Crippen LogP contribution in [-0.4, -0.2) is 40.3 Å². The zero-order valence-electron chi connectivity index (χ0n) is 18.5. The number of nitrogens with zero attached hydrogens (tertiary/aromatic N) is 1. The van der Waals surface area contributed by atoms with E-state index in [2.05, 4.69) is 20.9 Å². The summed E-state index contributed by atoms with van der Waals surface area (Å²) in [6, 6.07) is 12.3. The van der Waals surface area contributed by atoms with Crippen LogP contribution in [0.2, 0.25) is 10.0 Å². The quantitative estimate of drug-likeness (QED) is 0.322. The summed E-state index contributed by atoms with van der Waals surface area (Å²) < 4.78 is 18.2. The molecule has 0 saturated carbocycles. The lowest BCUT2D eigenvalue weighted by molar-refractivity contribution is -0.0582. The van der Waals surface area contributed by atoms with Crippen molar-refractivity contribution in [2.75, 3.05) is 6.61 Å². The summed E-state index contributed by atoms with van der Waals surface area (Å²) in [6.07, 6.45) is -1.16. The number of alkyl halides is 1.